The molecule has 4 rings (SSSR count). The average Bonchev–Trinajstić information content (AvgIpc) is 3.07. The van der Waals surface area contributed by atoms with Crippen LogP contribution in [-0.4, -0.2) is 21.6 Å². The number of aromatic nitrogens is 3. The lowest BCUT2D eigenvalue weighted by atomic mass is 10.1. The molecular weight excluding hydrogens is 405 g/mol. The molecule has 0 aliphatic rings. The van der Waals surface area contributed by atoms with Crippen LogP contribution >= 0.6 is 22.9 Å². The minimum atomic E-state index is -0.583. The third-order valence-corrected chi connectivity index (χ3v) is 5.80. The second-order valence-corrected chi connectivity index (χ2v) is 7.51. The molecule has 0 aliphatic carbocycles. The molecule has 1 aromatic carbocycles. The molecule has 0 saturated heterocycles. The van der Waals surface area contributed by atoms with E-state index < -0.39 is 17.1 Å². The van der Waals surface area contributed by atoms with Crippen LogP contribution in [0, 0.1) is 12.7 Å². The van der Waals surface area contributed by atoms with Gasteiger partial charge in [-0.25, -0.2) is 13.8 Å². The molecule has 3 aromatic heterocycles. The van der Waals surface area contributed by atoms with Crippen molar-refractivity contribution in [3.63, 3.8) is 0 Å². The summed E-state index contributed by atoms with van der Waals surface area (Å²) in [5.74, 6) is -0.547. The molecule has 0 aliphatic heterocycles. The van der Waals surface area contributed by atoms with Gasteiger partial charge in [-0.05, 0) is 36.8 Å². The van der Waals surface area contributed by atoms with Crippen LogP contribution in [0.25, 0.3) is 26.3 Å². The minimum Gasteiger partial charge on any atom is -0.494 e. The van der Waals surface area contributed by atoms with Gasteiger partial charge in [-0.1, -0.05) is 11.6 Å². The number of benzene rings is 1. The standard InChI is InChI=1S/C19H13ClFN3O3S/c1-9-3-4-22-8-14(9)24-18(25)17-13(23-19(24)26)7-16(28-17)10-5-15(27-2)12(21)6-11(10)20/h3-8H,1-2H3,(H,23,26). The Bertz CT molecular complexity index is 1340. The van der Waals surface area contributed by atoms with Crippen LogP contribution < -0.4 is 16.0 Å². The van der Waals surface area contributed by atoms with Gasteiger partial charge in [0.15, 0.2) is 11.6 Å². The van der Waals surface area contributed by atoms with Gasteiger partial charge in [-0.2, -0.15) is 0 Å². The number of fused-ring (bicyclic) bond motifs is 1. The fourth-order valence-electron chi connectivity index (χ4n) is 2.92. The molecule has 0 radical (unpaired) electrons. The monoisotopic (exact) mass is 417 g/mol. The molecule has 4 aromatic rings. The summed E-state index contributed by atoms with van der Waals surface area (Å²) >= 11 is 7.34. The highest BCUT2D eigenvalue weighted by atomic mass is 35.5. The van der Waals surface area contributed by atoms with Crippen LogP contribution in [0.1, 0.15) is 5.56 Å². The first-order valence-electron chi connectivity index (χ1n) is 8.14. The Morgan fingerprint density at radius 3 is 2.79 bits per heavy atom. The van der Waals surface area contributed by atoms with Crippen LogP contribution in [-0.2, 0) is 0 Å². The first-order chi connectivity index (χ1) is 13.4. The number of hydrogen-bond donors (Lipinski definition) is 1. The summed E-state index contributed by atoms with van der Waals surface area (Å²) < 4.78 is 20.2. The van der Waals surface area contributed by atoms with E-state index in [0.29, 0.717) is 26.3 Å². The highest BCUT2D eigenvalue weighted by molar-refractivity contribution is 7.22. The van der Waals surface area contributed by atoms with Crippen LogP contribution in [0.3, 0.4) is 0 Å². The summed E-state index contributed by atoms with van der Waals surface area (Å²) in [7, 11) is 1.35. The Kier molecular flexibility index (Phi) is 4.52. The molecule has 1 N–H and O–H groups in total. The average molecular weight is 418 g/mol. The van der Waals surface area contributed by atoms with Crippen LogP contribution in [0.5, 0.6) is 5.75 Å². The molecule has 0 fully saturated rings. The van der Waals surface area contributed by atoms with E-state index in [1.807, 2.05) is 0 Å². The predicted octanol–water partition coefficient (Wildman–Crippen LogP) is 3.91. The maximum Gasteiger partial charge on any atom is 0.333 e. The van der Waals surface area contributed by atoms with Crippen molar-refractivity contribution in [2.45, 2.75) is 6.92 Å². The van der Waals surface area contributed by atoms with Crippen molar-refractivity contribution in [3.05, 3.63) is 73.9 Å². The minimum absolute atomic E-state index is 0.0359. The second kappa shape index (κ2) is 6.88. The lowest BCUT2D eigenvalue weighted by Gasteiger charge is -2.06. The van der Waals surface area contributed by atoms with Crippen LogP contribution in [0.4, 0.5) is 4.39 Å². The number of pyridine rings is 1. The third kappa shape index (κ3) is 2.90. The van der Waals surface area contributed by atoms with Crippen LogP contribution in [0.2, 0.25) is 5.02 Å². The maximum absolute atomic E-state index is 13.8. The molecule has 0 atom stereocenters. The van der Waals surface area contributed by atoms with Gasteiger partial charge >= 0.3 is 5.69 Å². The molecule has 0 bridgehead atoms. The highest BCUT2D eigenvalue weighted by Crippen LogP contribution is 2.38. The largest absolute Gasteiger partial charge is 0.494 e. The van der Waals surface area contributed by atoms with Crippen molar-refractivity contribution in [2.24, 2.45) is 0 Å². The fourth-order valence-corrected chi connectivity index (χ4v) is 4.31. The predicted molar refractivity (Wildman–Crippen MR) is 108 cm³/mol. The number of nitrogens with zero attached hydrogens (tertiary/aromatic N) is 2. The van der Waals surface area contributed by atoms with E-state index in [0.717, 1.165) is 27.5 Å². The van der Waals surface area contributed by atoms with Gasteiger partial charge in [-0.3, -0.25) is 9.78 Å². The number of aryl methyl sites for hydroxylation is 1. The zero-order chi connectivity index (χ0) is 20.0. The van der Waals surface area contributed by atoms with Gasteiger partial charge in [0.25, 0.3) is 5.56 Å². The van der Waals surface area contributed by atoms with Crippen molar-refractivity contribution in [2.75, 3.05) is 7.11 Å². The Morgan fingerprint density at radius 2 is 2.07 bits per heavy atom. The molecule has 0 amide bonds. The van der Waals surface area contributed by atoms with E-state index >= 15 is 0 Å². The SMILES string of the molecule is COc1cc(-c2cc3[nH]c(=O)n(-c4cnccc4C)c(=O)c3s2)c(Cl)cc1F. The topological polar surface area (TPSA) is 77.0 Å². The highest BCUT2D eigenvalue weighted by Gasteiger charge is 2.17. The second-order valence-electron chi connectivity index (χ2n) is 6.05. The zero-order valence-electron chi connectivity index (χ0n) is 14.7. The number of thiophene rings is 1. The first kappa shape index (κ1) is 18.4. The molecule has 0 spiro atoms. The normalized spacial score (nSPS) is 11.1. The smallest absolute Gasteiger partial charge is 0.333 e. The number of ether oxygens (including phenoxy) is 1. The van der Waals surface area contributed by atoms with Crippen LogP contribution in [0.15, 0.2) is 46.2 Å². The van der Waals surface area contributed by atoms with Crippen molar-refractivity contribution < 1.29 is 9.13 Å². The molecular formula is C19H13ClFN3O3S. The molecule has 142 valence electrons. The number of rotatable bonds is 3. The molecule has 0 unspecified atom stereocenters. The number of halogens is 2. The Hall–Kier alpha value is -2.97. The Morgan fingerprint density at radius 1 is 1.29 bits per heavy atom. The first-order valence-corrected chi connectivity index (χ1v) is 9.33. The quantitative estimate of drug-likeness (QED) is 0.548. The van der Waals surface area contributed by atoms with Gasteiger partial charge < -0.3 is 9.72 Å². The number of hydrogen-bond acceptors (Lipinski definition) is 5. The number of aromatic amines is 1. The van der Waals surface area contributed by atoms with E-state index in [9.17, 15) is 14.0 Å². The van der Waals surface area contributed by atoms with E-state index in [2.05, 4.69) is 9.97 Å². The Balaban J connectivity index is 1.97. The number of methoxy groups -OCH3 is 1. The van der Waals surface area contributed by atoms with Crippen molar-refractivity contribution in [3.8, 4) is 21.9 Å². The van der Waals surface area contributed by atoms with Gasteiger partial charge in [-0.15, -0.1) is 11.3 Å². The van der Waals surface area contributed by atoms with Gasteiger partial charge in [0.2, 0.25) is 0 Å². The molecule has 3 heterocycles. The van der Waals surface area contributed by atoms with E-state index in [1.54, 1.807) is 25.3 Å². The summed E-state index contributed by atoms with van der Waals surface area (Å²) in [5, 5.41) is 0.177. The summed E-state index contributed by atoms with van der Waals surface area (Å²) in [6, 6.07) is 5.97. The molecule has 9 heteroatoms. The summed E-state index contributed by atoms with van der Waals surface area (Å²) in [6.07, 6.45) is 3.05. The van der Waals surface area contributed by atoms with Crippen molar-refractivity contribution >= 4 is 33.2 Å². The van der Waals surface area contributed by atoms with Gasteiger partial charge in [0.05, 0.1) is 29.5 Å². The lowest BCUT2D eigenvalue weighted by Crippen LogP contribution is -2.33. The van der Waals surface area contributed by atoms with Gasteiger partial charge in [0.1, 0.15) is 4.70 Å². The third-order valence-electron chi connectivity index (χ3n) is 4.33. The number of H-pyrrole nitrogens is 1. The van der Waals surface area contributed by atoms with E-state index in [1.165, 1.54) is 19.4 Å². The van der Waals surface area contributed by atoms with Gasteiger partial charge in [0, 0.05) is 16.6 Å². The van der Waals surface area contributed by atoms with Crippen molar-refractivity contribution in [1.29, 1.82) is 0 Å². The lowest BCUT2D eigenvalue weighted by molar-refractivity contribution is 0.387. The zero-order valence-corrected chi connectivity index (χ0v) is 16.3. The summed E-state index contributed by atoms with van der Waals surface area (Å²) in [5.41, 5.74) is 1.01. The van der Waals surface area contributed by atoms with Crippen molar-refractivity contribution in [1.82, 2.24) is 14.5 Å². The number of nitrogens with one attached hydrogen (secondary N) is 1. The Labute approximate surface area is 166 Å². The summed E-state index contributed by atoms with van der Waals surface area (Å²) in [6.45, 7) is 1.79. The molecule has 28 heavy (non-hydrogen) atoms. The summed E-state index contributed by atoms with van der Waals surface area (Å²) in [4.78, 5) is 32.9. The van der Waals surface area contributed by atoms with E-state index in [4.69, 9.17) is 16.3 Å². The molecule has 6 nitrogen and oxygen atoms in total. The molecule has 0 saturated carbocycles. The fraction of sp³-hybridized carbons (Fsp3) is 0.105. The maximum atomic E-state index is 13.8. The van der Waals surface area contributed by atoms with E-state index in [-0.39, 0.29) is 10.8 Å².